The lowest BCUT2D eigenvalue weighted by molar-refractivity contribution is -0.120. The van der Waals surface area contributed by atoms with Gasteiger partial charge in [-0.15, -0.1) is 0 Å². The molecule has 1 atom stereocenters. The Hall–Kier alpha value is -2.11. The second-order valence-corrected chi connectivity index (χ2v) is 8.60. The van der Waals surface area contributed by atoms with Gasteiger partial charge in [0.05, 0.1) is 5.69 Å². The van der Waals surface area contributed by atoms with Gasteiger partial charge in [0.15, 0.2) is 0 Å². The van der Waals surface area contributed by atoms with Crippen molar-refractivity contribution in [2.75, 3.05) is 5.32 Å². The third-order valence-electron chi connectivity index (χ3n) is 6.64. The molecule has 2 bridgehead atoms. The topological polar surface area (TPSA) is 63.5 Å². The quantitative estimate of drug-likeness (QED) is 0.625. The number of hydrogen-bond acceptors (Lipinski definition) is 3. The Balaban J connectivity index is 1.57. The van der Waals surface area contributed by atoms with E-state index in [1.807, 2.05) is 29.0 Å². The number of aromatic nitrogens is 1. The van der Waals surface area contributed by atoms with Crippen LogP contribution >= 0.6 is 0 Å². The van der Waals surface area contributed by atoms with Crippen molar-refractivity contribution >= 4 is 35.8 Å². The van der Waals surface area contributed by atoms with Crippen LogP contribution in [0.4, 0.5) is 5.69 Å². The lowest BCUT2D eigenvalue weighted by Gasteiger charge is -2.46. The van der Waals surface area contributed by atoms with Crippen molar-refractivity contribution in [2.24, 2.45) is 16.5 Å². The van der Waals surface area contributed by atoms with Gasteiger partial charge in [0.25, 0.3) is 0 Å². The van der Waals surface area contributed by atoms with Crippen molar-refractivity contribution < 1.29 is 4.79 Å². The number of benzene rings is 1. The number of anilines is 1. The first-order chi connectivity index (χ1) is 13.0. The molecule has 2 aromatic rings. The van der Waals surface area contributed by atoms with Gasteiger partial charge in [-0.25, -0.2) is 0 Å². The molecule has 1 amide bonds. The van der Waals surface area contributed by atoms with Gasteiger partial charge in [-0.05, 0) is 62.8 Å². The van der Waals surface area contributed by atoms with Crippen molar-refractivity contribution in [3.05, 3.63) is 29.3 Å². The molecular formula is C21H26BN3O2. The molecule has 6 heteroatoms. The largest absolute Gasteiger partial charge is 0.343 e. The maximum absolute atomic E-state index is 12.9. The average molecular weight is 363 g/mol. The van der Waals surface area contributed by atoms with E-state index in [2.05, 4.69) is 10.5 Å². The number of hydrogen-bond donors (Lipinski definition) is 1. The standard InChI is InChI=1S/C21H26BN3O2/c1-14(24-27)12-25-13-17(20-16(22)3-2-4-18(20)25)23-19(26)11-21-8-5-15(6-9-21)7-10-21/h2-4,13-15H,5-12H2,1H3,(H,23,26). The van der Waals surface area contributed by atoms with E-state index in [0.717, 1.165) is 22.5 Å². The zero-order valence-electron chi connectivity index (χ0n) is 15.9. The molecule has 1 heterocycles. The summed E-state index contributed by atoms with van der Waals surface area (Å²) in [6.07, 6.45) is 9.83. The second kappa shape index (κ2) is 7.14. The number of carbonyl (C=O) groups excluding carboxylic acids is 1. The van der Waals surface area contributed by atoms with E-state index in [-0.39, 0.29) is 17.4 Å². The fraction of sp³-hybridized carbons (Fsp3) is 0.571. The maximum Gasteiger partial charge on any atom is 0.224 e. The van der Waals surface area contributed by atoms with Gasteiger partial charge in [0.2, 0.25) is 5.91 Å². The summed E-state index contributed by atoms with van der Waals surface area (Å²) < 4.78 is 1.96. The van der Waals surface area contributed by atoms with Crippen LogP contribution in [-0.2, 0) is 11.3 Å². The zero-order valence-corrected chi connectivity index (χ0v) is 15.9. The minimum Gasteiger partial charge on any atom is -0.343 e. The summed E-state index contributed by atoms with van der Waals surface area (Å²) in [7, 11) is 6.20. The van der Waals surface area contributed by atoms with E-state index in [1.54, 1.807) is 6.92 Å². The molecule has 1 unspecified atom stereocenters. The number of fused-ring (bicyclic) bond motifs is 4. The molecule has 3 aliphatic rings. The lowest BCUT2D eigenvalue weighted by Crippen LogP contribution is -2.37. The van der Waals surface area contributed by atoms with Crippen LogP contribution in [0.1, 0.15) is 51.9 Å². The molecule has 1 aromatic carbocycles. The molecule has 1 N–H and O–H groups in total. The molecule has 0 saturated heterocycles. The number of carbonyl (C=O) groups is 1. The number of rotatable bonds is 6. The molecule has 3 aliphatic carbocycles. The SMILES string of the molecule is [B]c1cccc2c1c(NC(=O)CC13CCC(CC1)CC3)cn2CC(C)N=O. The summed E-state index contributed by atoms with van der Waals surface area (Å²) in [5, 5.41) is 7.05. The number of nitrogens with zero attached hydrogens (tertiary/aromatic N) is 2. The van der Waals surface area contributed by atoms with Crippen LogP contribution < -0.4 is 10.8 Å². The van der Waals surface area contributed by atoms with Gasteiger partial charge in [-0.2, -0.15) is 4.91 Å². The second-order valence-electron chi connectivity index (χ2n) is 8.60. The van der Waals surface area contributed by atoms with Crippen molar-refractivity contribution in [2.45, 2.75) is 64.5 Å². The minimum absolute atomic E-state index is 0.0687. The highest BCUT2D eigenvalue weighted by atomic mass is 16.3. The molecular weight excluding hydrogens is 337 g/mol. The highest BCUT2D eigenvalue weighted by Gasteiger charge is 2.41. The molecule has 5 rings (SSSR count). The van der Waals surface area contributed by atoms with Crippen LogP contribution in [0.25, 0.3) is 10.9 Å². The van der Waals surface area contributed by atoms with E-state index in [9.17, 15) is 9.70 Å². The van der Waals surface area contributed by atoms with Crippen LogP contribution in [0, 0.1) is 16.2 Å². The molecule has 0 aliphatic heterocycles. The van der Waals surface area contributed by atoms with E-state index in [4.69, 9.17) is 7.85 Å². The Morgan fingerprint density at radius 1 is 1.33 bits per heavy atom. The molecule has 0 spiro atoms. The number of amides is 1. The van der Waals surface area contributed by atoms with Gasteiger partial charge in [-0.1, -0.05) is 22.8 Å². The first kappa shape index (κ1) is 18.3. The van der Waals surface area contributed by atoms with Crippen LogP contribution in [-0.4, -0.2) is 24.4 Å². The summed E-state index contributed by atoms with van der Waals surface area (Å²) >= 11 is 0. The predicted octanol–water partition coefficient (Wildman–Crippen LogP) is 3.89. The fourth-order valence-corrected chi connectivity index (χ4v) is 5.08. The molecule has 140 valence electrons. The first-order valence-electron chi connectivity index (χ1n) is 9.99. The Morgan fingerprint density at radius 2 is 2.04 bits per heavy atom. The summed E-state index contributed by atoms with van der Waals surface area (Å²) in [6, 6.07) is 5.34. The summed E-state index contributed by atoms with van der Waals surface area (Å²) in [5.41, 5.74) is 2.47. The Bertz CT molecular complexity index is 854. The molecule has 3 fully saturated rings. The lowest BCUT2D eigenvalue weighted by atomic mass is 9.59. The fourth-order valence-electron chi connectivity index (χ4n) is 5.08. The van der Waals surface area contributed by atoms with Crippen molar-refractivity contribution in [3.8, 4) is 0 Å². The number of nitroso groups, excluding NO2 is 1. The predicted molar refractivity (Wildman–Crippen MR) is 109 cm³/mol. The Labute approximate surface area is 161 Å². The van der Waals surface area contributed by atoms with Gasteiger partial charge < -0.3 is 9.88 Å². The van der Waals surface area contributed by atoms with Crippen LogP contribution in [0.3, 0.4) is 0 Å². The first-order valence-corrected chi connectivity index (χ1v) is 9.99. The van der Waals surface area contributed by atoms with E-state index in [1.165, 1.54) is 38.5 Å². The third-order valence-corrected chi connectivity index (χ3v) is 6.64. The van der Waals surface area contributed by atoms with Gasteiger partial charge in [0.1, 0.15) is 13.9 Å². The molecule has 5 nitrogen and oxygen atoms in total. The van der Waals surface area contributed by atoms with Crippen LogP contribution in [0.5, 0.6) is 0 Å². The van der Waals surface area contributed by atoms with Gasteiger partial charge >= 0.3 is 0 Å². The molecule has 27 heavy (non-hydrogen) atoms. The van der Waals surface area contributed by atoms with E-state index >= 15 is 0 Å². The third kappa shape index (κ3) is 3.54. The maximum atomic E-state index is 12.9. The summed E-state index contributed by atoms with van der Waals surface area (Å²) in [5.74, 6) is 0.959. The highest BCUT2D eigenvalue weighted by Crippen LogP contribution is 2.52. The minimum atomic E-state index is -0.345. The van der Waals surface area contributed by atoms with Crippen LogP contribution in [0.15, 0.2) is 29.6 Å². The normalized spacial score (nSPS) is 25.4. The van der Waals surface area contributed by atoms with Crippen molar-refractivity contribution in [1.29, 1.82) is 0 Å². The van der Waals surface area contributed by atoms with Gasteiger partial charge in [0, 0.05) is 30.1 Å². The Kier molecular flexibility index (Phi) is 4.83. The average Bonchev–Trinajstić information content (AvgIpc) is 3.01. The van der Waals surface area contributed by atoms with Gasteiger partial charge in [-0.3, -0.25) is 4.79 Å². The highest BCUT2D eigenvalue weighted by molar-refractivity contribution is 6.40. The smallest absolute Gasteiger partial charge is 0.224 e. The molecule has 1 aromatic heterocycles. The zero-order chi connectivity index (χ0) is 19.0. The summed E-state index contributed by atoms with van der Waals surface area (Å²) in [6.45, 7) is 2.24. The van der Waals surface area contributed by atoms with Crippen molar-refractivity contribution in [3.63, 3.8) is 0 Å². The number of nitrogens with one attached hydrogen (secondary N) is 1. The van der Waals surface area contributed by atoms with E-state index in [0.29, 0.717) is 18.4 Å². The monoisotopic (exact) mass is 363 g/mol. The molecule has 3 saturated carbocycles. The van der Waals surface area contributed by atoms with Crippen molar-refractivity contribution in [1.82, 2.24) is 4.57 Å². The Morgan fingerprint density at radius 3 is 2.70 bits per heavy atom. The van der Waals surface area contributed by atoms with E-state index < -0.39 is 0 Å². The molecule has 2 radical (unpaired) electrons. The van der Waals surface area contributed by atoms with Crippen LogP contribution in [0.2, 0.25) is 0 Å². The summed E-state index contributed by atoms with van der Waals surface area (Å²) in [4.78, 5) is 23.7.